The van der Waals surface area contributed by atoms with Crippen molar-refractivity contribution >= 4 is 5.97 Å². The van der Waals surface area contributed by atoms with Gasteiger partial charge in [0.2, 0.25) is 0 Å². The molecule has 0 heterocycles. The minimum Gasteiger partial charge on any atom is -0.547 e. The number of carboxylic acids is 1. The lowest BCUT2D eigenvalue weighted by Crippen LogP contribution is -2.35. The second kappa shape index (κ2) is 19.8. The van der Waals surface area contributed by atoms with Crippen LogP contribution in [0.1, 0.15) is 129 Å². The van der Waals surface area contributed by atoms with E-state index in [0.29, 0.717) is 6.42 Å². The van der Waals surface area contributed by atoms with Crippen molar-refractivity contribution in [2.24, 2.45) is 0 Å². The molecule has 1 N–H and O–H groups in total. The Morgan fingerprint density at radius 2 is 0.920 bits per heavy atom. The molecule has 0 aliphatic heterocycles. The van der Waals surface area contributed by atoms with Gasteiger partial charge in [-0.3, -0.25) is 0 Å². The van der Waals surface area contributed by atoms with Gasteiger partial charge in [-0.05, 0) is 6.42 Å². The van der Waals surface area contributed by atoms with Gasteiger partial charge in [-0.15, -0.1) is 0 Å². The van der Waals surface area contributed by atoms with E-state index < -0.39 is 12.1 Å². The lowest BCUT2D eigenvalue weighted by atomic mass is 10.0. The smallest absolute Gasteiger partial charge is 0.0933 e. The molecular formula is C22H43O3-. The van der Waals surface area contributed by atoms with Gasteiger partial charge in [-0.25, -0.2) is 0 Å². The molecule has 1 atom stereocenters. The van der Waals surface area contributed by atoms with E-state index >= 15 is 0 Å². The van der Waals surface area contributed by atoms with Crippen molar-refractivity contribution in [3.63, 3.8) is 0 Å². The summed E-state index contributed by atoms with van der Waals surface area (Å²) < 4.78 is 0. The molecule has 0 saturated heterocycles. The summed E-state index contributed by atoms with van der Waals surface area (Å²) in [5, 5.41) is 19.5. The van der Waals surface area contributed by atoms with Crippen LogP contribution in [-0.4, -0.2) is 17.2 Å². The second-order valence-corrected chi connectivity index (χ2v) is 7.63. The summed E-state index contributed by atoms with van der Waals surface area (Å²) in [7, 11) is 0. The third-order valence-corrected chi connectivity index (χ3v) is 5.10. The second-order valence-electron chi connectivity index (χ2n) is 7.63. The predicted molar refractivity (Wildman–Crippen MR) is 104 cm³/mol. The van der Waals surface area contributed by atoms with Crippen molar-refractivity contribution in [3.8, 4) is 0 Å². The largest absolute Gasteiger partial charge is 0.547 e. The van der Waals surface area contributed by atoms with Crippen LogP contribution in [0.15, 0.2) is 0 Å². The highest BCUT2D eigenvalue weighted by Crippen LogP contribution is 2.14. The van der Waals surface area contributed by atoms with Crippen molar-refractivity contribution in [3.05, 3.63) is 0 Å². The molecule has 0 bridgehead atoms. The van der Waals surface area contributed by atoms with Gasteiger partial charge < -0.3 is 15.0 Å². The van der Waals surface area contributed by atoms with Crippen molar-refractivity contribution in [1.82, 2.24) is 0 Å². The van der Waals surface area contributed by atoms with Gasteiger partial charge in [0.15, 0.2) is 0 Å². The standard InChI is InChI=1S/C22H44O3/c1-2-3-4-5-6-7-8-9-10-11-12-13-14-15-16-17-18-19-20-21(23)22(24)25/h21,23H,2-20H2,1H3,(H,24,25)/p-1. The van der Waals surface area contributed by atoms with Crippen LogP contribution in [0.2, 0.25) is 0 Å². The number of aliphatic carboxylic acids is 1. The molecule has 150 valence electrons. The highest BCUT2D eigenvalue weighted by atomic mass is 16.4. The first-order chi connectivity index (χ1) is 12.2. The molecule has 3 heteroatoms. The predicted octanol–water partition coefficient (Wildman–Crippen LogP) is 5.53. The van der Waals surface area contributed by atoms with Crippen molar-refractivity contribution in [2.45, 2.75) is 135 Å². The van der Waals surface area contributed by atoms with E-state index in [4.69, 9.17) is 5.11 Å². The first-order valence-electron chi connectivity index (χ1n) is 11.1. The Bertz CT molecular complexity index is 278. The van der Waals surface area contributed by atoms with E-state index in [1.54, 1.807) is 0 Å². The number of hydrogen-bond donors (Lipinski definition) is 1. The van der Waals surface area contributed by atoms with E-state index in [-0.39, 0.29) is 0 Å². The number of carboxylic acid groups (broad SMARTS) is 1. The maximum atomic E-state index is 10.4. The highest BCUT2D eigenvalue weighted by molar-refractivity contribution is 5.69. The molecule has 25 heavy (non-hydrogen) atoms. The van der Waals surface area contributed by atoms with E-state index in [2.05, 4.69) is 6.92 Å². The monoisotopic (exact) mass is 355 g/mol. The number of unbranched alkanes of at least 4 members (excludes halogenated alkanes) is 17. The van der Waals surface area contributed by atoms with Gasteiger partial charge in [0, 0.05) is 0 Å². The third kappa shape index (κ3) is 19.6. The van der Waals surface area contributed by atoms with Crippen LogP contribution in [0.25, 0.3) is 0 Å². The summed E-state index contributed by atoms with van der Waals surface area (Å²) in [6.07, 6.45) is 22.8. The summed E-state index contributed by atoms with van der Waals surface area (Å²) in [5.41, 5.74) is 0. The fourth-order valence-corrected chi connectivity index (χ4v) is 3.36. The molecule has 0 aromatic rings. The molecule has 0 fully saturated rings. The fraction of sp³-hybridized carbons (Fsp3) is 0.955. The van der Waals surface area contributed by atoms with Gasteiger partial charge in [0.1, 0.15) is 0 Å². The summed E-state index contributed by atoms with van der Waals surface area (Å²) in [5.74, 6) is -1.34. The Morgan fingerprint density at radius 1 is 0.640 bits per heavy atom. The van der Waals surface area contributed by atoms with Crippen molar-refractivity contribution in [2.75, 3.05) is 0 Å². The first kappa shape index (κ1) is 24.4. The molecule has 0 aliphatic carbocycles. The Morgan fingerprint density at radius 3 is 1.20 bits per heavy atom. The molecular weight excluding hydrogens is 312 g/mol. The molecule has 0 saturated carbocycles. The Labute approximate surface area is 156 Å². The number of aliphatic hydroxyl groups is 1. The van der Waals surface area contributed by atoms with Gasteiger partial charge in [0.25, 0.3) is 0 Å². The average Bonchev–Trinajstić information content (AvgIpc) is 2.60. The Hall–Kier alpha value is -0.570. The van der Waals surface area contributed by atoms with Crippen molar-refractivity contribution in [1.29, 1.82) is 0 Å². The number of aliphatic hydroxyl groups excluding tert-OH is 1. The van der Waals surface area contributed by atoms with Gasteiger partial charge in [-0.1, -0.05) is 122 Å². The van der Waals surface area contributed by atoms with Crippen LogP contribution in [0.3, 0.4) is 0 Å². The minimum atomic E-state index is -1.34. The lowest BCUT2D eigenvalue weighted by molar-refractivity contribution is -0.315. The molecule has 0 radical (unpaired) electrons. The molecule has 0 amide bonds. The normalized spacial score (nSPS) is 12.4. The van der Waals surface area contributed by atoms with E-state index in [0.717, 1.165) is 19.3 Å². The van der Waals surface area contributed by atoms with Gasteiger partial charge in [-0.2, -0.15) is 0 Å². The topological polar surface area (TPSA) is 60.4 Å². The molecule has 3 nitrogen and oxygen atoms in total. The maximum Gasteiger partial charge on any atom is 0.0933 e. The Kier molecular flexibility index (Phi) is 19.3. The van der Waals surface area contributed by atoms with Crippen LogP contribution in [0.5, 0.6) is 0 Å². The molecule has 1 unspecified atom stereocenters. The number of hydrogen-bond acceptors (Lipinski definition) is 3. The van der Waals surface area contributed by atoms with Crippen LogP contribution < -0.4 is 5.11 Å². The van der Waals surface area contributed by atoms with Crippen LogP contribution in [0.4, 0.5) is 0 Å². The van der Waals surface area contributed by atoms with Crippen LogP contribution in [-0.2, 0) is 4.79 Å². The van der Waals surface area contributed by atoms with Gasteiger partial charge >= 0.3 is 0 Å². The van der Waals surface area contributed by atoms with Crippen molar-refractivity contribution < 1.29 is 15.0 Å². The molecule has 0 aliphatic rings. The summed E-state index contributed by atoms with van der Waals surface area (Å²) >= 11 is 0. The molecule has 0 spiro atoms. The maximum absolute atomic E-state index is 10.4. The molecule has 0 rings (SSSR count). The number of carbonyl (C=O) groups excluding carboxylic acids is 1. The SMILES string of the molecule is CCCCCCCCCCCCCCCCCCCCC(O)C(=O)[O-]. The van der Waals surface area contributed by atoms with E-state index in [1.165, 1.54) is 96.3 Å². The Balaban J connectivity index is 3.04. The van der Waals surface area contributed by atoms with E-state index in [9.17, 15) is 9.90 Å². The zero-order chi connectivity index (χ0) is 18.6. The zero-order valence-corrected chi connectivity index (χ0v) is 16.8. The summed E-state index contributed by atoms with van der Waals surface area (Å²) in [4.78, 5) is 10.4. The van der Waals surface area contributed by atoms with Crippen LogP contribution in [0, 0.1) is 0 Å². The quantitative estimate of drug-likeness (QED) is 0.292. The molecule has 0 aromatic heterocycles. The lowest BCUT2D eigenvalue weighted by Gasteiger charge is -2.10. The minimum absolute atomic E-state index is 0.334. The average molecular weight is 356 g/mol. The van der Waals surface area contributed by atoms with Crippen LogP contribution >= 0.6 is 0 Å². The van der Waals surface area contributed by atoms with E-state index in [1.807, 2.05) is 0 Å². The number of carbonyl (C=O) groups is 1. The first-order valence-corrected chi connectivity index (χ1v) is 11.1. The molecule has 0 aromatic carbocycles. The summed E-state index contributed by atoms with van der Waals surface area (Å²) in [6.45, 7) is 2.27. The highest BCUT2D eigenvalue weighted by Gasteiger charge is 2.03. The fourth-order valence-electron chi connectivity index (χ4n) is 3.36. The third-order valence-electron chi connectivity index (χ3n) is 5.10. The number of rotatable bonds is 20. The zero-order valence-electron chi connectivity index (χ0n) is 16.8. The van der Waals surface area contributed by atoms with Gasteiger partial charge in [0.05, 0.1) is 12.1 Å². The summed E-state index contributed by atoms with van der Waals surface area (Å²) in [6, 6.07) is 0.